The molecule has 1 aromatic rings. The predicted molar refractivity (Wildman–Crippen MR) is 87.2 cm³/mol. The summed E-state index contributed by atoms with van der Waals surface area (Å²) in [5, 5.41) is 5.69. The number of hydrogen-bond donors (Lipinski definition) is 1. The lowest BCUT2D eigenvalue weighted by Crippen LogP contribution is -2.43. The Morgan fingerprint density at radius 2 is 2.14 bits per heavy atom. The third kappa shape index (κ3) is 2.88. The molecule has 3 rings (SSSR count). The number of hydrogen-bond acceptors (Lipinski definition) is 3. The summed E-state index contributed by atoms with van der Waals surface area (Å²) in [5.41, 5.74) is -0.399. The molecule has 0 radical (unpaired) electrons. The van der Waals surface area contributed by atoms with Gasteiger partial charge in [-0.15, -0.1) is 11.3 Å². The van der Waals surface area contributed by atoms with Crippen LogP contribution in [0.3, 0.4) is 0 Å². The number of rotatable bonds is 4. The molecule has 2 unspecified atom stereocenters. The Balaban J connectivity index is 1.81. The highest BCUT2D eigenvalue weighted by Crippen LogP contribution is 2.36. The topological polar surface area (TPSA) is 32.3 Å². The molecule has 4 heteroatoms. The fourth-order valence-corrected chi connectivity index (χ4v) is 4.42. The Bertz CT molecular complexity index is 481. The fraction of sp³-hybridized carbons (Fsp3) is 0.706. The summed E-state index contributed by atoms with van der Waals surface area (Å²) in [6.07, 6.45) is 7.50. The molecule has 1 aliphatic heterocycles. The van der Waals surface area contributed by atoms with Crippen LogP contribution in [0.4, 0.5) is 0 Å². The van der Waals surface area contributed by atoms with E-state index in [1.807, 2.05) is 0 Å². The van der Waals surface area contributed by atoms with Crippen molar-refractivity contribution >= 4 is 17.2 Å². The summed E-state index contributed by atoms with van der Waals surface area (Å²) in [7, 11) is 0. The van der Waals surface area contributed by atoms with Gasteiger partial charge in [0.1, 0.15) is 6.17 Å². The summed E-state index contributed by atoms with van der Waals surface area (Å²) < 4.78 is 0. The molecular formula is C17H26N2OS. The molecule has 1 aliphatic carbocycles. The molecule has 3 nitrogen and oxygen atoms in total. The van der Waals surface area contributed by atoms with E-state index in [0.29, 0.717) is 5.92 Å². The van der Waals surface area contributed by atoms with Crippen LogP contribution in [0.1, 0.15) is 63.4 Å². The molecule has 1 N–H and O–H groups in total. The molecule has 1 amide bonds. The van der Waals surface area contributed by atoms with Gasteiger partial charge in [-0.05, 0) is 43.6 Å². The summed E-state index contributed by atoms with van der Waals surface area (Å²) in [5.74, 6) is 0.972. The van der Waals surface area contributed by atoms with Crippen molar-refractivity contribution in [2.45, 2.75) is 64.1 Å². The second-order valence-corrected chi connectivity index (χ2v) is 7.69. The maximum atomic E-state index is 12.9. The highest BCUT2D eigenvalue weighted by atomic mass is 32.1. The largest absolute Gasteiger partial charge is 0.320 e. The zero-order valence-electron chi connectivity index (χ0n) is 13.1. The number of carbonyl (C=O) groups is 1. The number of nitrogens with one attached hydrogen (secondary N) is 1. The Kier molecular flexibility index (Phi) is 4.36. The lowest BCUT2D eigenvalue weighted by molar-refractivity contribution is -0.133. The van der Waals surface area contributed by atoms with Gasteiger partial charge >= 0.3 is 0 Å². The Hall–Kier alpha value is -0.870. The molecule has 0 aromatic carbocycles. The summed E-state index contributed by atoms with van der Waals surface area (Å²) >= 11 is 1.74. The quantitative estimate of drug-likeness (QED) is 0.914. The van der Waals surface area contributed by atoms with E-state index in [0.717, 1.165) is 13.0 Å². The normalized spacial score (nSPS) is 31.0. The maximum Gasteiger partial charge on any atom is 0.244 e. The van der Waals surface area contributed by atoms with Crippen molar-refractivity contribution in [1.29, 1.82) is 0 Å². The first-order valence-corrected chi connectivity index (χ1v) is 9.14. The van der Waals surface area contributed by atoms with Gasteiger partial charge in [0, 0.05) is 11.4 Å². The third-order valence-corrected chi connectivity index (χ3v) is 6.12. The number of amides is 1. The molecule has 0 bridgehead atoms. The van der Waals surface area contributed by atoms with E-state index in [2.05, 4.69) is 41.6 Å². The third-order valence-electron chi connectivity index (χ3n) is 5.20. The average molecular weight is 306 g/mol. The number of nitrogens with zero attached hydrogens (tertiary/aromatic N) is 1. The van der Waals surface area contributed by atoms with E-state index in [1.54, 1.807) is 11.3 Å². The molecule has 2 aliphatic rings. The minimum absolute atomic E-state index is 0.0735. The van der Waals surface area contributed by atoms with E-state index in [1.165, 1.54) is 37.0 Å². The van der Waals surface area contributed by atoms with E-state index >= 15 is 0 Å². The number of carbonyl (C=O) groups excluding carboxylic acids is 1. The Labute approximate surface area is 131 Å². The molecule has 2 atom stereocenters. The van der Waals surface area contributed by atoms with Crippen LogP contribution in [0.5, 0.6) is 0 Å². The van der Waals surface area contributed by atoms with Crippen LogP contribution in [-0.4, -0.2) is 22.9 Å². The lowest BCUT2D eigenvalue weighted by Gasteiger charge is -2.30. The highest BCUT2D eigenvalue weighted by Gasteiger charge is 2.47. The van der Waals surface area contributed by atoms with Crippen molar-refractivity contribution in [3.8, 4) is 0 Å². The van der Waals surface area contributed by atoms with Crippen LogP contribution in [0.25, 0.3) is 0 Å². The molecule has 1 aromatic heterocycles. The van der Waals surface area contributed by atoms with Crippen molar-refractivity contribution in [1.82, 2.24) is 10.2 Å². The molecule has 1 saturated heterocycles. The monoisotopic (exact) mass is 306 g/mol. The summed E-state index contributed by atoms with van der Waals surface area (Å²) in [6.45, 7) is 5.07. The zero-order chi connectivity index (χ0) is 14.9. The van der Waals surface area contributed by atoms with E-state index < -0.39 is 5.54 Å². The van der Waals surface area contributed by atoms with Crippen LogP contribution in [-0.2, 0) is 4.79 Å². The van der Waals surface area contributed by atoms with Gasteiger partial charge in [-0.3, -0.25) is 10.1 Å². The Morgan fingerprint density at radius 3 is 2.76 bits per heavy atom. The van der Waals surface area contributed by atoms with Gasteiger partial charge in [0.05, 0.1) is 5.54 Å². The minimum atomic E-state index is -0.399. The molecule has 21 heavy (non-hydrogen) atoms. The van der Waals surface area contributed by atoms with Gasteiger partial charge < -0.3 is 4.90 Å². The second-order valence-electron chi connectivity index (χ2n) is 6.71. The molecule has 1 saturated carbocycles. The van der Waals surface area contributed by atoms with Crippen LogP contribution in [0.2, 0.25) is 0 Å². The molecule has 2 heterocycles. The molecule has 0 spiro atoms. The van der Waals surface area contributed by atoms with Crippen molar-refractivity contribution in [3.63, 3.8) is 0 Å². The van der Waals surface area contributed by atoms with E-state index in [-0.39, 0.29) is 12.1 Å². The highest BCUT2D eigenvalue weighted by molar-refractivity contribution is 7.10. The summed E-state index contributed by atoms with van der Waals surface area (Å²) in [6, 6.07) is 4.22. The fourth-order valence-electron chi connectivity index (χ4n) is 3.64. The predicted octanol–water partition coefficient (Wildman–Crippen LogP) is 3.93. The van der Waals surface area contributed by atoms with Crippen LogP contribution >= 0.6 is 11.3 Å². The first-order chi connectivity index (χ1) is 10.1. The van der Waals surface area contributed by atoms with Crippen LogP contribution in [0.15, 0.2) is 17.5 Å². The van der Waals surface area contributed by atoms with Crippen molar-refractivity contribution in [2.75, 3.05) is 6.54 Å². The lowest BCUT2D eigenvalue weighted by atomic mass is 9.88. The first kappa shape index (κ1) is 15.0. The second kappa shape index (κ2) is 6.09. The van der Waals surface area contributed by atoms with Gasteiger partial charge in [0.25, 0.3) is 0 Å². The first-order valence-electron chi connectivity index (χ1n) is 8.26. The molecule has 2 fully saturated rings. The number of thiophene rings is 1. The van der Waals surface area contributed by atoms with Crippen molar-refractivity contribution < 1.29 is 4.79 Å². The van der Waals surface area contributed by atoms with Crippen LogP contribution < -0.4 is 5.32 Å². The molecular weight excluding hydrogens is 280 g/mol. The van der Waals surface area contributed by atoms with Crippen molar-refractivity contribution in [3.05, 3.63) is 22.4 Å². The van der Waals surface area contributed by atoms with Gasteiger partial charge in [-0.25, -0.2) is 0 Å². The van der Waals surface area contributed by atoms with E-state index in [9.17, 15) is 4.79 Å². The molecule has 116 valence electrons. The zero-order valence-corrected chi connectivity index (χ0v) is 13.9. The van der Waals surface area contributed by atoms with Crippen molar-refractivity contribution in [2.24, 2.45) is 5.92 Å². The Morgan fingerprint density at radius 1 is 1.38 bits per heavy atom. The van der Waals surface area contributed by atoms with E-state index in [4.69, 9.17) is 0 Å². The van der Waals surface area contributed by atoms with Crippen LogP contribution in [0, 0.1) is 5.92 Å². The maximum absolute atomic E-state index is 12.9. The average Bonchev–Trinajstić information content (AvgIpc) is 3.11. The smallest absolute Gasteiger partial charge is 0.244 e. The van der Waals surface area contributed by atoms with Gasteiger partial charge in [0.2, 0.25) is 5.91 Å². The summed E-state index contributed by atoms with van der Waals surface area (Å²) in [4.78, 5) is 16.3. The SMILES string of the molecule is CCC1(C)NC(c2cccs2)N(CC2CCCCC2)C1=O. The minimum Gasteiger partial charge on any atom is -0.320 e. The van der Waals surface area contributed by atoms with Gasteiger partial charge in [-0.2, -0.15) is 0 Å². The van der Waals surface area contributed by atoms with Gasteiger partial charge in [-0.1, -0.05) is 32.3 Å². The standard InChI is InChI=1S/C17H26N2OS/c1-3-17(2)16(20)19(12-13-8-5-4-6-9-13)15(18-17)14-10-7-11-21-14/h7,10-11,13,15,18H,3-6,8-9,12H2,1-2H3. The van der Waals surface area contributed by atoms with Gasteiger partial charge in [0.15, 0.2) is 0 Å².